The van der Waals surface area contributed by atoms with Crippen molar-refractivity contribution in [2.45, 2.75) is 51.8 Å². The molecule has 0 aromatic heterocycles. The van der Waals surface area contributed by atoms with Crippen LogP contribution >= 0.6 is 0 Å². The van der Waals surface area contributed by atoms with Crippen LogP contribution in [0.25, 0.3) is 11.1 Å². The van der Waals surface area contributed by atoms with Crippen LogP contribution in [-0.2, 0) is 11.2 Å². The van der Waals surface area contributed by atoms with E-state index >= 15 is 0 Å². The monoisotopic (exact) mass is 457 g/mol. The van der Waals surface area contributed by atoms with Gasteiger partial charge in [-0.15, -0.1) is 0 Å². The van der Waals surface area contributed by atoms with Gasteiger partial charge in [0, 0.05) is 17.6 Å². The van der Waals surface area contributed by atoms with Gasteiger partial charge in [-0.25, -0.2) is 10.3 Å². The Bertz CT molecular complexity index is 965. The molecule has 0 saturated heterocycles. The smallest absolute Gasteiger partial charge is 0.407 e. The fraction of sp³-hybridized carbons (Fsp3) is 0.375. The van der Waals surface area contributed by atoms with Crippen LogP contribution in [0.3, 0.4) is 0 Å². The molecule has 0 unspecified atom stereocenters. The van der Waals surface area contributed by atoms with E-state index in [9.17, 15) is 24.6 Å². The van der Waals surface area contributed by atoms with E-state index in [0.29, 0.717) is 18.5 Å². The second-order valence-corrected chi connectivity index (χ2v) is 8.80. The molecule has 33 heavy (non-hydrogen) atoms. The van der Waals surface area contributed by atoms with Gasteiger partial charge in [0.05, 0.1) is 6.10 Å². The van der Waals surface area contributed by atoms with Gasteiger partial charge in [-0.05, 0) is 62.9 Å². The Kier molecular flexibility index (Phi) is 8.56. The number of carbonyl (C=O) groups excluding carboxylic acids is 2. The lowest BCUT2D eigenvalue weighted by Crippen LogP contribution is -2.51. The van der Waals surface area contributed by atoms with Gasteiger partial charge in [0.25, 0.3) is 11.8 Å². The maximum Gasteiger partial charge on any atom is 0.407 e. The molecule has 0 radical (unpaired) electrons. The predicted octanol–water partition coefficient (Wildman–Crippen LogP) is 2.66. The summed E-state index contributed by atoms with van der Waals surface area (Å²) in [5.74, 6) is -1.47. The van der Waals surface area contributed by atoms with Gasteiger partial charge < -0.3 is 20.4 Å². The average molecular weight is 458 g/mol. The summed E-state index contributed by atoms with van der Waals surface area (Å²) in [5, 5.41) is 30.2. The number of hydroxylamine groups is 1. The predicted molar refractivity (Wildman–Crippen MR) is 123 cm³/mol. The van der Waals surface area contributed by atoms with Crippen molar-refractivity contribution < 1.29 is 29.8 Å². The fourth-order valence-electron chi connectivity index (χ4n) is 3.34. The van der Waals surface area contributed by atoms with E-state index in [-0.39, 0.29) is 0 Å². The topological polar surface area (TPSA) is 139 Å². The molecule has 5 N–H and O–H groups in total. The Hall–Kier alpha value is -3.43. The van der Waals surface area contributed by atoms with Crippen molar-refractivity contribution in [3.05, 3.63) is 59.7 Å². The highest BCUT2D eigenvalue weighted by molar-refractivity contribution is 5.97. The Labute approximate surface area is 193 Å². The Balaban J connectivity index is 2.05. The number of aliphatic hydroxyl groups excluding tert-OH is 1. The maximum absolute atomic E-state index is 12.4. The van der Waals surface area contributed by atoms with Crippen molar-refractivity contribution in [2.24, 2.45) is 0 Å². The molecule has 2 aromatic rings. The normalized spacial score (nSPS) is 13.0. The van der Waals surface area contributed by atoms with Gasteiger partial charge in [-0.2, -0.15) is 0 Å². The van der Waals surface area contributed by atoms with E-state index in [1.165, 1.54) is 17.3 Å². The molecule has 0 aliphatic heterocycles. The summed E-state index contributed by atoms with van der Waals surface area (Å²) in [6, 6.07) is 13.2. The molecule has 178 valence electrons. The molecule has 0 aliphatic carbocycles. The lowest BCUT2D eigenvalue weighted by Gasteiger charge is -2.33. The highest BCUT2D eigenvalue weighted by atomic mass is 16.5. The molecule has 2 atom stereocenters. The maximum atomic E-state index is 12.4. The molecule has 0 spiro atoms. The van der Waals surface area contributed by atoms with E-state index in [1.54, 1.807) is 24.3 Å². The molecule has 0 bridgehead atoms. The van der Waals surface area contributed by atoms with Crippen molar-refractivity contribution >= 4 is 17.9 Å². The zero-order chi connectivity index (χ0) is 24.8. The third kappa shape index (κ3) is 7.03. The van der Waals surface area contributed by atoms with E-state index in [2.05, 4.69) is 5.32 Å². The molecule has 0 heterocycles. The van der Waals surface area contributed by atoms with E-state index in [0.717, 1.165) is 16.7 Å². The summed E-state index contributed by atoms with van der Waals surface area (Å²) in [6.07, 6.45) is -1.54. The van der Waals surface area contributed by atoms with Crippen LogP contribution in [0.5, 0.6) is 0 Å². The lowest BCUT2D eigenvalue weighted by atomic mass is 10.0. The number of nitrogens with one attached hydrogen (secondary N) is 2. The molecule has 2 aromatic carbocycles. The van der Waals surface area contributed by atoms with Gasteiger partial charge in [0.2, 0.25) is 0 Å². The van der Waals surface area contributed by atoms with Crippen LogP contribution in [-0.4, -0.2) is 62.5 Å². The number of amides is 3. The largest absolute Gasteiger partial charge is 0.465 e. The fourth-order valence-corrected chi connectivity index (χ4v) is 3.34. The highest BCUT2D eigenvalue weighted by Crippen LogP contribution is 2.21. The first-order valence-corrected chi connectivity index (χ1v) is 10.6. The molecule has 0 aliphatic rings. The van der Waals surface area contributed by atoms with Crippen molar-refractivity contribution in [3.8, 4) is 11.1 Å². The van der Waals surface area contributed by atoms with Crippen molar-refractivity contribution in [3.63, 3.8) is 0 Å². The summed E-state index contributed by atoms with van der Waals surface area (Å²) in [5.41, 5.74) is 4.05. The minimum Gasteiger partial charge on any atom is -0.465 e. The first-order valence-electron chi connectivity index (χ1n) is 10.6. The number of hydrogen-bond donors (Lipinski definition) is 5. The number of benzene rings is 2. The van der Waals surface area contributed by atoms with Crippen LogP contribution in [0.4, 0.5) is 4.79 Å². The Morgan fingerprint density at radius 1 is 0.970 bits per heavy atom. The van der Waals surface area contributed by atoms with Crippen molar-refractivity contribution in [1.29, 1.82) is 0 Å². The van der Waals surface area contributed by atoms with Crippen molar-refractivity contribution in [2.75, 3.05) is 6.54 Å². The van der Waals surface area contributed by atoms with E-state index in [1.807, 2.05) is 45.0 Å². The lowest BCUT2D eigenvalue weighted by molar-refractivity contribution is -0.133. The zero-order valence-electron chi connectivity index (χ0n) is 19.2. The number of aliphatic hydroxyl groups is 1. The first-order chi connectivity index (χ1) is 15.4. The van der Waals surface area contributed by atoms with Crippen LogP contribution in [0.1, 0.15) is 43.6 Å². The molecular weight excluding hydrogens is 426 g/mol. The summed E-state index contributed by atoms with van der Waals surface area (Å²) >= 11 is 0. The first kappa shape index (κ1) is 25.8. The minimum absolute atomic E-state index is 0.294. The van der Waals surface area contributed by atoms with Gasteiger partial charge in [0.1, 0.15) is 6.04 Å². The standard InChI is InChI=1S/C24H31N3O6/c1-15(28)20(22(30)26-33)25-21(29)19-11-9-18(10-12-19)17-7-5-16(6-8-17)13-14-27(23(31)32)24(2,3)4/h5-12,15,20,28,33H,13-14H2,1-4H3,(H,25,29)(H,26,30)(H,31,32)/t15-,20+/m1/s1. The average Bonchev–Trinajstić information content (AvgIpc) is 2.76. The van der Waals surface area contributed by atoms with Crippen LogP contribution < -0.4 is 10.8 Å². The number of carbonyl (C=O) groups is 3. The second kappa shape index (κ2) is 10.9. The molecule has 9 nitrogen and oxygen atoms in total. The molecule has 3 amide bonds. The van der Waals surface area contributed by atoms with Crippen LogP contribution in [0.2, 0.25) is 0 Å². The van der Waals surface area contributed by atoms with Gasteiger partial charge >= 0.3 is 6.09 Å². The summed E-state index contributed by atoms with van der Waals surface area (Å²) < 4.78 is 0. The molecular formula is C24H31N3O6. The Morgan fingerprint density at radius 3 is 1.91 bits per heavy atom. The molecule has 2 rings (SSSR count). The zero-order valence-corrected chi connectivity index (χ0v) is 19.2. The van der Waals surface area contributed by atoms with E-state index in [4.69, 9.17) is 5.21 Å². The van der Waals surface area contributed by atoms with Gasteiger partial charge in [0.15, 0.2) is 0 Å². The second-order valence-electron chi connectivity index (χ2n) is 8.80. The molecule has 9 heteroatoms. The minimum atomic E-state index is -1.29. The number of carboxylic acid groups (broad SMARTS) is 1. The third-order valence-corrected chi connectivity index (χ3v) is 5.26. The third-order valence-electron chi connectivity index (χ3n) is 5.26. The van der Waals surface area contributed by atoms with Gasteiger partial charge in [-0.1, -0.05) is 36.4 Å². The Morgan fingerprint density at radius 2 is 1.48 bits per heavy atom. The summed E-state index contributed by atoms with van der Waals surface area (Å²) in [4.78, 5) is 36.9. The quantitative estimate of drug-likeness (QED) is 0.305. The number of hydrogen-bond acceptors (Lipinski definition) is 5. The van der Waals surface area contributed by atoms with E-state index < -0.39 is 35.6 Å². The van der Waals surface area contributed by atoms with Crippen molar-refractivity contribution in [1.82, 2.24) is 15.7 Å². The molecule has 0 saturated carbocycles. The number of nitrogens with zero attached hydrogens (tertiary/aromatic N) is 1. The summed E-state index contributed by atoms with van der Waals surface area (Å²) in [6.45, 7) is 7.30. The highest BCUT2D eigenvalue weighted by Gasteiger charge is 2.26. The van der Waals surface area contributed by atoms with Gasteiger partial charge in [-0.3, -0.25) is 14.8 Å². The SMILES string of the molecule is C[C@@H](O)[C@H](NC(=O)c1ccc(-c2ccc(CCN(C(=O)O)C(C)(C)C)cc2)cc1)C(=O)NO. The van der Waals surface area contributed by atoms with Crippen LogP contribution in [0, 0.1) is 0 Å². The summed E-state index contributed by atoms with van der Waals surface area (Å²) in [7, 11) is 0. The number of rotatable bonds is 8. The molecule has 0 fully saturated rings. The van der Waals surface area contributed by atoms with Crippen LogP contribution in [0.15, 0.2) is 48.5 Å².